The molecule has 0 fully saturated rings. The highest BCUT2D eigenvalue weighted by molar-refractivity contribution is 7.99. The SMILES string of the molecule is C1=NC(c2cc(-c3cccc4c3Sc3c(-c5ccc(-c6cc(-c7ccccc7)nc(-c7ccccc7)n6)cc5)cccc3C43c4ccccc4-c4ccccc43)cc(-c3ccccn3)n2)=CCC1. The van der Waals surface area contributed by atoms with E-state index in [1.165, 1.54) is 48.7 Å². The molecule has 0 saturated carbocycles. The summed E-state index contributed by atoms with van der Waals surface area (Å²) < 4.78 is 0. The molecule has 6 heteroatoms. The molecule has 1 spiro atoms. The van der Waals surface area contributed by atoms with Crippen molar-refractivity contribution in [2.24, 2.45) is 4.99 Å². The number of hydrogen-bond donors (Lipinski definition) is 0. The van der Waals surface area contributed by atoms with E-state index in [4.69, 9.17) is 24.9 Å². The molecule has 0 saturated heterocycles. The predicted molar refractivity (Wildman–Crippen MR) is 277 cm³/mol. The van der Waals surface area contributed by atoms with Crippen LogP contribution in [0.4, 0.5) is 0 Å². The van der Waals surface area contributed by atoms with Gasteiger partial charge in [0.1, 0.15) is 0 Å². The Morgan fingerprint density at radius 2 is 0.912 bits per heavy atom. The lowest BCUT2D eigenvalue weighted by Gasteiger charge is -2.41. The van der Waals surface area contributed by atoms with Crippen molar-refractivity contribution in [2.75, 3.05) is 0 Å². The third-order valence-electron chi connectivity index (χ3n) is 13.5. The smallest absolute Gasteiger partial charge is 0.160 e. The van der Waals surface area contributed by atoms with Crippen LogP contribution < -0.4 is 0 Å². The van der Waals surface area contributed by atoms with E-state index < -0.39 is 5.41 Å². The van der Waals surface area contributed by atoms with E-state index in [1.54, 1.807) is 0 Å². The fourth-order valence-electron chi connectivity index (χ4n) is 10.4. The second-order valence-electron chi connectivity index (χ2n) is 17.4. The quantitative estimate of drug-likeness (QED) is 0.160. The van der Waals surface area contributed by atoms with Crippen molar-refractivity contribution < 1.29 is 0 Å². The van der Waals surface area contributed by atoms with E-state index in [0.29, 0.717) is 5.82 Å². The third kappa shape index (κ3) is 6.59. The van der Waals surface area contributed by atoms with Gasteiger partial charge in [0.25, 0.3) is 0 Å². The molecular formula is C62H41N5S. The van der Waals surface area contributed by atoms with Gasteiger partial charge in [-0.05, 0) is 98.8 Å². The molecule has 320 valence electrons. The van der Waals surface area contributed by atoms with Crippen molar-refractivity contribution in [3.05, 3.63) is 246 Å². The maximum absolute atomic E-state index is 5.20. The van der Waals surface area contributed by atoms with Gasteiger partial charge in [0.15, 0.2) is 5.82 Å². The summed E-state index contributed by atoms with van der Waals surface area (Å²) in [6.07, 6.45) is 7.91. The van der Waals surface area contributed by atoms with Gasteiger partial charge in [-0.3, -0.25) is 9.98 Å². The minimum Gasteiger partial charge on any atom is -0.259 e. The van der Waals surface area contributed by atoms with Crippen LogP contribution in [0.5, 0.6) is 0 Å². The first-order valence-corrected chi connectivity index (χ1v) is 23.9. The van der Waals surface area contributed by atoms with Gasteiger partial charge < -0.3 is 0 Å². The zero-order valence-corrected chi connectivity index (χ0v) is 37.7. The minimum absolute atomic E-state index is 0.576. The topological polar surface area (TPSA) is 63.9 Å². The van der Waals surface area contributed by atoms with E-state index in [9.17, 15) is 0 Å². The highest BCUT2D eigenvalue weighted by atomic mass is 32.2. The maximum Gasteiger partial charge on any atom is 0.160 e. The maximum atomic E-state index is 5.20. The second-order valence-corrected chi connectivity index (χ2v) is 18.4. The summed E-state index contributed by atoms with van der Waals surface area (Å²) >= 11 is 1.88. The zero-order valence-electron chi connectivity index (χ0n) is 36.9. The Morgan fingerprint density at radius 1 is 0.368 bits per heavy atom. The van der Waals surface area contributed by atoms with Crippen molar-refractivity contribution in [1.82, 2.24) is 19.9 Å². The molecule has 13 rings (SSSR count). The molecule has 0 radical (unpaired) electrons. The van der Waals surface area contributed by atoms with Gasteiger partial charge >= 0.3 is 0 Å². The molecule has 0 bridgehead atoms. The normalized spacial score (nSPS) is 13.9. The lowest BCUT2D eigenvalue weighted by Crippen LogP contribution is -2.32. The van der Waals surface area contributed by atoms with Gasteiger partial charge in [0.05, 0.1) is 39.6 Å². The van der Waals surface area contributed by atoms with Crippen LogP contribution in [0.15, 0.2) is 233 Å². The Kier molecular flexibility index (Phi) is 9.72. The Balaban J connectivity index is 1.01. The molecule has 0 amide bonds. The Morgan fingerprint density at radius 3 is 1.54 bits per heavy atom. The molecule has 0 unspecified atom stereocenters. The molecular weight excluding hydrogens is 847 g/mol. The first kappa shape index (κ1) is 40.0. The van der Waals surface area contributed by atoms with Gasteiger partial charge in [-0.2, -0.15) is 0 Å². The second kappa shape index (κ2) is 16.5. The van der Waals surface area contributed by atoms with Crippen LogP contribution in [0.3, 0.4) is 0 Å². The van der Waals surface area contributed by atoms with Crippen LogP contribution in [0.2, 0.25) is 0 Å². The number of benzene rings is 7. The summed E-state index contributed by atoms with van der Waals surface area (Å²) in [6, 6.07) is 73.9. The minimum atomic E-state index is -0.576. The Bertz CT molecular complexity index is 3540. The number of aliphatic imine (C=N–C) groups is 1. The van der Waals surface area contributed by atoms with Crippen LogP contribution in [-0.2, 0) is 5.41 Å². The molecule has 5 heterocycles. The molecule has 7 aromatic carbocycles. The van der Waals surface area contributed by atoms with Crippen LogP contribution in [-0.4, -0.2) is 26.2 Å². The molecule has 3 aliphatic rings. The number of rotatable bonds is 7. The van der Waals surface area contributed by atoms with Crippen molar-refractivity contribution in [3.63, 3.8) is 0 Å². The number of fused-ring (bicyclic) bond motifs is 9. The van der Waals surface area contributed by atoms with Crippen molar-refractivity contribution in [1.29, 1.82) is 0 Å². The predicted octanol–water partition coefficient (Wildman–Crippen LogP) is 15.3. The van der Waals surface area contributed by atoms with E-state index in [1.807, 2.05) is 66.6 Å². The first-order chi connectivity index (χ1) is 33.7. The summed E-state index contributed by atoms with van der Waals surface area (Å²) in [5, 5.41) is 0. The molecule has 0 atom stereocenters. The molecule has 10 aromatic rings. The monoisotopic (exact) mass is 887 g/mol. The molecule has 3 aromatic heterocycles. The van der Waals surface area contributed by atoms with Gasteiger partial charge in [-0.1, -0.05) is 194 Å². The number of allylic oxidation sites excluding steroid dienone is 1. The van der Waals surface area contributed by atoms with Crippen LogP contribution >= 0.6 is 11.8 Å². The number of pyridine rings is 2. The molecule has 2 aliphatic heterocycles. The summed E-state index contributed by atoms with van der Waals surface area (Å²) in [4.78, 5) is 27.5. The Hall–Kier alpha value is -8.32. The zero-order chi connectivity index (χ0) is 45.0. The largest absolute Gasteiger partial charge is 0.259 e. The van der Waals surface area contributed by atoms with Gasteiger partial charge in [-0.15, -0.1) is 0 Å². The van der Waals surface area contributed by atoms with Crippen molar-refractivity contribution >= 4 is 23.7 Å². The third-order valence-corrected chi connectivity index (χ3v) is 14.8. The average Bonchev–Trinajstić information content (AvgIpc) is 3.72. The van der Waals surface area contributed by atoms with E-state index >= 15 is 0 Å². The van der Waals surface area contributed by atoms with Crippen LogP contribution in [0.1, 0.15) is 40.8 Å². The number of nitrogens with zero attached hydrogens (tertiary/aromatic N) is 5. The summed E-state index contributed by atoms with van der Waals surface area (Å²) in [7, 11) is 0. The number of aromatic nitrogens is 4. The highest BCUT2D eigenvalue weighted by Crippen LogP contribution is 2.64. The van der Waals surface area contributed by atoms with Crippen LogP contribution in [0.25, 0.3) is 84.4 Å². The fourth-order valence-corrected chi connectivity index (χ4v) is 11.9. The summed E-state index contributed by atoms with van der Waals surface area (Å²) in [5.41, 5.74) is 19.9. The standard InChI is InChI=1S/C62H41N5S/c1-3-17-41(18-4-1)55-39-56(67-61(66-55)43-19-5-2-6-20-43)42-33-31-40(32-34-42)45-23-15-27-51-59(45)68-60-46(44-37-57(53-29-11-13-35-63-53)65-58(38-44)54-30-12-14-36-64-54)24-16-28-52(60)62(51)49-25-9-7-21-47(49)48-22-8-10-26-50(48)62/h1-11,13,15-39H,12,14H2. The molecule has 1 aliphatic carbocycles. The molecule has 5 nitrogen and oxygen atoms in total. The van der Waals surface area contributed by atoms with Crippen molar-refractivity contribution in [3.8, 4) is 78.7 Å². The van der Waals surface area contributed by atoms with Gasteiger partial charge in [0, 0.05) is 38.9 Å². The van der Waals surface area contributed by atoms with E-state index in [-0.39, 0.29) is 0 Å². The van der Waals surface area contributed by atoms with Crippen LogP contribution in [0, 0.1) is 0 Å². The molecule has 68 heavy (non-hydrogen) atoms. The van der Waals surface area contributed by atoms with Gasteiger partial charge in [0.2, 0.25) is 0 Å². The lowest BCUT2D eigenvalue weighted by molar-refractivity contribution is 0.724. The molecule has 0 N–H and O–H groups in total. The van der Waals surface area contributed by atoms with E-state index in [2.05, 4.69) is 170 Å². The number of hydrogen-bond acceptors (Lipinski definition) is 6. The Labute approximate surface area is 399 Å². The fraction of sp³-hybridized carbons (Fsp3) is 0.0484. The van der Waals surface area contributed by atoms with Gasteiger partial charge in [-0.25, -0.2) is 15.0 Å². The summed E-state index contributed by atoms with van der Waals surface area (Å²) in [6.45, 7) is 0. The van der Waals surface area contributed by atoms with Crippen molar-refractivity contribution in [2.45, 2.75) is 28.0 Å². The lowest BCUT2D eigenvalue weighted by atomic mass is 9.66. The average molecular weight is 888 g/mol. The highest BCUT2D eigenvalue weighted by Gasteiger charge is 2.51. The first-order valence-electron chi connectivity index (χ1n) is 23.1. The summed E-state index contributed by atoms with van der Waals surface area (Å²) in [5.74, 6) is 0.702. The van der Waals surface area contributed by atoms with E-state index in [0.717, 1.165) is 80.4 Å².